The van der Waals surface area contributed by atoms with Crippen LogP contribution in [0.5, 0.6) is 5.75 Å². The van der Waals surface area contributed by atoms with Gasteiger partial charge in [-0.1, -0.05) is 12.1 Å². The van der Waals surface area contributed by atoms with Gasteiger partial charge in [0.25, 0.3) is 5.91 Å². The highest BCUT2D eigenvalue weighted by atomic mass is 32.1. The number of amides is 1. The SMILES string of the molecule is COc1cccc(C(O)C(=O)N(C)Cc2csc(C)n2)c1. The van der Waals surface area contributed by atoms with Crippen LogP contribution < -0.4 is 4.74 Å². The highest BCUT2D eigenvalue weighted by molar-refractivity contribution is 7.09. The number of methoxy groups -OCH3 is 1. The molecule has 1 heterocycles. The summed E-state index contributed by atoms with van der Waals surface area (Å²) in [6.07, 6.45) is -1.20. The molecule has 2 aromatic rings. The number of hydrogen-bond donors (Lipinski definition) is 1. The Hall–Kier alpha value is -1.92. The number of carbonyl (C=O) groups excluding carboxylic acids is 1. The lowest BCUT2D eigenvalue weighted by Gasteiger charge is -2.20. The molecule has 112 valence electrons. The van der Waals surface area contributed by atoms with Gasteiger partial charge in [0.05, 0.1) is 24.4 Å². The fourth-order valence-electron chi connectivity index (χ4n) is 1.96. The first-order chi connectivity index (χ1) is 10.0. The first-order valence-electron chi connectivity index (χ1n) is 6.49. The number of ether oxygens (including phenoxy) is 1. The van der Waals surface area contributed by atoms with Crippen LogP contribution in [0.3, 0.4) is 0 Å². The average Bonchev–Trinajstić information content (AvgIpc) is 2.90. The normalized spacial score (nSPS) is 12.0. The second-order valence-corrected chi connectivity index (χ2v) is 5.79. The van der Waals surface area contributed by atoms with Gasteiger partial charge in [0, 0.05) is 12.4 Å². The van der Waals surface area contributed by atoms with Gasteiger partial charge in [-0.05, 0) is 24.6 Å². The molecule has 0 spiro atoms. The number of nitrogens with zero attached hydrogens (tertiary/aromatic N) is 2. The fourth-order valence-corrected chi connectivity index (χ4v) is 2.57. The molecule has 0 aliphatic heterocycles. The Bertz CT molecular complexity index is 627. The maximum Gasteiger partial charge on any atom is 0.256 e. The summed E-state index contributed by atoms with van der Waals surface area (Å²) in [4.78, 5) is 18.1. The Morgan fingerprint density at radius 1 is 1.52 bits per heavy atom. The van der Waals surface area contributed by atoms with E-state index in [0.29, 0.717) is 17.9 Å². The third-order valence-corrected chi connectivity index (χ3v) is 3.91. The molecule has 21 heavy (non-hydrogen) atoms. The van der Waals surface area contributed by atoms with Gasteiger partial charge in [-0.15, -0.1) is 11.3 Å². The van der Waals surface area contributed by atoms with Crippen LogP contribution in [0.15, 0.2) is 29.6 Å². The Morgan fingerprint density at radius 3 is 2.90 bits per heavy atom. The maximum absolute atomic E-state index is 12.3. The molecule has 0 aliphatic carbocycles. The molecule has 6 heteroatoms. The average molecular weight is 306 g/mol. The number of rotatable bonds is 5. The van der Waals surface area contributed by atoms with Crippen molar-refractivity contribution in [1.82, 2.24) is 9.88 Å². The van der Waals surface area contributed by atoms with Gasteiger partial charge in [0.15, 0.2) is 6.10 Å². The minimum atomic E-state index is -1.20. The van der Waals surface area contributed by atoms with Crippen LogP contribution >= 0.6 is 11.3 Å². The number of aromatic nitrogens is 1. The summed E-state index contributed by atoms with van der Waals surface area (Å²) >= 11 is 1.54. The fraction of sp³-hybridized carbons (Fsp3) is 0.333. The van der Waals surface area contributed by atoms with Gasteiger partial charge in [-0.2, -0.15) is 0 Å². The van der Waals surface area contributed by atoms with Gasteiger partial charge in [0.1, 0.15) is 5.75 Å². The van der Waals surface area contributed by atoms with Crippen LogP contribution in [0.25, 0.3) is 0 Å². The van der Waals surface area contributed by atoms with E-state index < -0.39 is 6.10 Å². The van der Waals surface area contributed by atoms with Crippen molar-refractivity contribution in [3.63, 3.8) is 0 Å². The number of carbonyl (C=O) groups is 1. The molecule has 5 nitrogen and oxygen atoms in total. The smallest absolute Gasteiger partial charge is 0.256 e. The van der Waals surface area contributed by atoms with Crippen molar-refractivity contribution in [2.75, 3.05) is 14.2 Å². The predicted octanol–water partition coefficient (Wildman–Crippen LogP) is 2.15. The van der Waals surface area contributed by atoms with E-state index in [2.05, 4.69) is 4.98 Å². The second-order valence-electron chi connectivity index (χ2n) is 4.73. The Labute approximate surface area is 127 Å². The zero-order chi connectivity index (χ0) is 15.4. The van der Waals surface area contributed by atoms with E-state index in [9.17, 15) is 9.90 Å². The number of benzene rings is 1. The molecule has 1 N–H and O–H groups in total. The van der Waals surface area contributed by atoms with Crippen molar-refractivity contribution in [2.45, 2.75) is 19.6 Å². The summed E-state index contributed by atoms with van der Waals surface area (Å²) in [7, 11) is 3.20. The van der Waals surface area contributed by atoms with Crippen LogP contribution in [0, 0.1) is 6.92 Å². The van der Waals surface area contributed by atoms with E-state index in [1.807, 2.05) is 12.3 Å². The molecule has 1 atom stereocenters. The van der Waals surface area contributed by atoms with Crippen LogP contribution in [0.1, 0.15) is 22.4 Å². The molecule has 1 amide bonds. The predicted molar refractivity (Wildman–Crippen MR) is 81.3 cm³/mol. The van der Waals surface area contributed by atoms with E-state index in [4.69, 9.17) is 4.74 Å². The van der Waals surface area contributed by atoms with E-state index in [-0.39, 0.29) is 5.91 Å². The van der Waals surface area contributed by atoms with Crippen molar-refractivity contribution in [1.29, 1.82) is 0 Å². The molecule has 0 radical (unpaired) electrons. The van der Waals surface area contributed by atoms with Gasteiger partial charge < -0.3 is 14.7 Å². The molecule has 1 aromatic heterocycles. The zero-order valence-corrected chi connectivity index (χ0v) is 13.1. The topological polar surface area (TPSA) is 62.7 Å². The van der Waals surface area contributed by atoms with E-state index in [0.717, 1.165) is 10.7 Å². The number of aryl methyl sites for hydroxylation is 1. The van der Waals surface area contributed by atoms with Crippen molar-refractivity contribution in [3.8, 4) is 5.75 Å². The molecule has 0 bridgehead atoms. The van der Waals surface area contributed by atoms with Crippen LogP contribution in [-0.2, 0) is 11.3 Å². The Kier molecular flexibility index (Phi) is 4.93. The van der Waals surface area contributed by atoms with E-state index in [1.165, 1.54) is 16.2 Å². The van der Waals surface area contributed by atoms with Crippen molar-refractivity contribution in [3.05, 3.63) is 45.9 Å². The van der Waals surface area contributed by atoms with Gasteiger partial charge in [-0.25, -0.2) is 4.98 Å². The molecule has 2 rings (SSSR count). The quantitative estimate of drug-likeness (QED) is 0.919. The first-order valence-corrected chi connectivity index (χ1v) is 7.37. The highest BCUT2D eigenvalue weighted by Crippen LogP contribution is 2.21. The Morgan fingerprint density at radius 2 is 2.29 bits per heavy atom. The van der Waals surface area contributed by atoms with Crippen LogP contribution in [0.4, 0.5) is 0 Å². The molecule has 1 aromatic carbocycles. The van der Waals surface area contributed by atoms with Crippen LogP contribution in [0.2, 0.25) is 0 Å². The minimum Gasteiger partial charge on any atom is -0.497 e. The number of thiazole rings is 1. The summed E-state index contributed by atoms with van der Waals surface area (Å²) < 4.78 is 5.10. The monoisotopic (exact) mass is 306 g/mol. The lowest BCUT2D eigenvalue weighted by molar-refractivity contribution is -0.139. The lowest BCUT2D eigenvalue weighted by Crippen LogP contribution is -2.31. The van der Waals surface area contributed by atoms with Crippen molar-refractivity contribution >= 4 is 17.2 Å². The van der Waals surface area contributed by atoms with Crippen LogP contribution in [-0.4, -0.2) is 35.1 Å². The largest absolute Gasteiger partial charge is 0.497 e. The van der Waals surface area contributed by atoms with Gasteiger partial charge in [0.2, 0.25) is 0 Å². The molecule has 1 unspecified atom stereocenters. The maximum atomic E-state index is 12.3. The molecule has 0 fully saturated rings. The van der Waals surface area contributed by atoms with E-state index in [1.54, 1.807) is 38.4 Å². The standard InChI is InChI=1S/C15H18N2O3S/c1-10-16-12(9-21-10)8-17(2)15(19)14(18)11-5-4-6-13(7-11)20-3/h4-7,9,14,18H,8H2,1-3H3. The third kappa shape index (κ3) is 3.80. The molecular formula is C15H18N2O3S. The third-order valence-electron chi connectivity index (χ3n) is 3.09. The van der Waals surface area contributed by atoms with Crippen molar-refractivity contribution in [2.24, 2.45) is 0 Å². The summed E-state index contributed by atoms with van der Waals surface area (Å²) in [6, 6.07) is 6.87. The molecule has 0 aliphatic rings. The second kappa shape index (κ2) is 6.69. The number of likely N-dealkylation sites (N-methyl/N-ethyl adjacent to an activating group) is 1. The van der Waals surface area contributed by atoms with Gasteiger partial charge >= 0.3 is 0 Å². The van der Waals surface area contributed by atoms with E-state index >= 15 is 0 Å². The summed E-state index contributed by atoms with van der Waals surface area (Å²) in [5, 5.41) is 13.1. The number of hydrogen-bond acceptors (Lipinski definition) is 5. The van der Waals surface area contributed by atoms with Crippen molar-refractivity contribution < 1.29 is 14.6 Å². The van der Waals surface area contributed by atoms with Gasteiger partial charge in [-0.3, -0.25) is 4.79 Å². The molecule has 0 saturated heterocycles. The summed E-state index contributed by atoms with van der Waals surface area (Å²) in [6.45, 7) is 2.30. The number of aliphatic hydroxyl groups is 1. The molecular weight excluding hydrogens is 288 g/mol. The summed E-state index contributed by atoms with van der Waals surface area (Å²) in [5.74, 6) is 0.242. The zero-order valence-electron chi connectivity index (χ0n) is 12.2. The molecule has 0 saturated carbocycles. The Balaban J connectivity index is 2.07. The minimum absolute atomic E-state index is 0.367. The number of aliphatic hydroxyl groups excluding tert-OH is 1. The summed E-state index contributed by atoms with van der Waals surface area (Å²) in [5.41, 5.74) is 1.34. The first kappa shape index (κ1) is 15.5. The lowest BCUT2D eigenvalue weighted by atomic mass is 10.1. The highest BCUT2D eigenvalue weighted by Gasteiger charge is 2.22.